The molecule has 0 spiro atoms. The summed E-state index contributed by atoms with van der Waals surface area (Å²) in [5.41, 5.74) is 0.865. The van der Waals surface area contributed by atoms with Crippen LogP contribution in [0.2, 0.25) is 5.02 Å². The van der Waals surface area contributed by atoms with E-state index in [1.165, 1.54) is 19.3 Å². The second kappa shape index (κ2) is 5.74. The number of nitrogens with zero attached hydrogens (tertiary/aromatic N) is 1. The highest BCUT2D eigenvalue weighted by atomic mass is 35.5. The van der Waals surface area contributed by atoms with E-state index in [4.69, 9.17) is 11.6 Å². The van der Waals surface area contributed by atoms with Gasteiger partial charge in [-0.05, 0) is 50.4 Å². The first-order valence-corrected chi connectivity index (χ1v) is 6.73. The normalized spacial score (nSPS) is 22.4. The molecule has 0 aliphatic carbocycles. The van der Waals surface area contributed by atoms with Crippen LogP contribution in [-0.2, 0) is 6.54 Å². The summed E-state index contributed by atoms with van der Waals surface area (Å²) in [4.78, 5) is 2.39. The molecular weight excluding hydrogens is 234 g/mol. The Bertz CT molecular complexity index is 360. The Balaban J connectivity index is 2.05. The van der Waals surface area contributed by atoms with Gasteiger partial charge in [-0.25, -0.2) is 0 Å². The first-order chi connectivity index (χ1) is 8.16. The second-order valence-corrected chi connectivity index (χ2v) is 5.46. The van der Waals surface area contributed by atoms with E-state index in [9.17, 15) is 5.11 Å². The van der Waals surface area contributed by atoms with Crippen molar-refractivity contribution in [2.24, 2.45) is 5.92 Å². The van der Waals surface area contributed by atoms with Crippen LogP contribution in [0.5, 0.6) is 5.75 Å². The number of benzene rings is 1. The largest absolute Gasteiger partial charge is 0.508 e. The van der Waals surface area contributed by atoms with E-state index in [0.29, 0.717) is 10.8 Å². The number of hydrogen-bond donors (Lipinski definition) is 1. The van der Waals surface area contributed by atoms with Gasteiger partial charge in [0.1, 0.15) is 5.75 Å². The molecule has 0 radical (unpaired) electrons. The van der Waals surface area contributed by atoms with E-state index in [2.05, 4.69) is 11.8 Å². The molecule has 1 heterocycles. The summed E-state index contributed by atoms with van der Waals surface area (Å²) in [6.07, 6.45) is 3.79. The van der Waals surface area contributed by atoms with Crippen molar-refractivity contribution in [1.82, 2.24) is 4.90 Å². The quantitative estimate of drug-likeness (QED) is 0.869. The predicted octanol–water partition coefficient (Wildman–Crippen LogP) is 3.67. The van der Waals surface area contributed by atoms with Gasteiger partial charge in [0.25, 0.3) is 0 Å². The van der Waals surface area contributed by atoms with Crippen molar-refractivity contribution < 1.29 is 5.11 Å². The van der Waals surface area contributed by atoms with Gasteiger partial charge in [-0.3, -0.25) is 4.90 Å². The lowest BCUT2D eigenvalue weighted by Crippen LogP contribution is -2.24. The molecule has 2 rings (SSSR count). The van der Waals surface area contributed by atoms with E-state index >= 15 is 0 Å². The van der Waals surface area contributed by atoms with Gasteiger partial charge in [0.05, 0.1) is 0 Å². The summed E-state index contributed by atoms with van der Waals surface area (Å²) >= 11 is 6.13. The standard InChI is InChI=1S/C14H20ClNO/c1-11-4-3-8-16(9-7-11)10-12-13(15)5-2-6-14(12)17/h2,5-6,11,17H,3-4,7-10H2,1H3. The van der Waals surface area contributed by atoms with Crippen molar-refractivity contribution in [3.8, 4) is 5.75 Å². The summed E-state index contributed by atoms with van der Waals surface area (Å²) in [6, 6.07) is 5.34. The molecule has 0 saturated carbocycles. The summed E-state index contributed by atoms with van der Waals surface area (Å²) < 4.78 is 0. The van der Waals surface area contributed by atoms with Crippen LogP contribution in [0.1, 0.15) is 31.7 Å². The third-order valence-corrected chi connectivity index (χ3v) is 3.94. The molecule has 1 saturated heterocycles. The predicted molar refractivity (Wildman–Crippen MR) is 71.4 cm³/mol. The summed E-state index contributed by atoms with van der Waals surface area (Å²) in [5, 5.41) is 10.5. The third kappa shape index (κ3) is 3.36. The first-order valence-electron chi connectivity index (χ1n) is 6.35. The fourth-order valence-electron chi connectivity index (χ4n) is 2.41. The molecule has 1 aliphatic heterocycles. The number of rotatable bonds is 2. The van der Waals surface area contributed by atoms with E-state index in [-0.39, 0.29) is 0 Å². The van der Waals surface area contributed by atoms with Crippen molar-refractivity contribution in [3.05, 3.63) is 28.8 Å². The smallest absolute Gasteiger partial charge is 0.121 e. The number of phenols is 1. The van der Waals surface area contributed by atoms with Gasteiger partial charge in [-0.2, -0.15) is 0 Å². The lowest BCUT2D eigenvalue weighted by molar-refractivity contribution is 0.270. The molecule has 1 atom stereocenters. The maximum Gasteiger partial charge on any atom is 0.121 e. The number of phenolic OH excluding ortho intramolecular Hbond substituents is 1. The second-order valence-electron chi connectivity index (χ2n) is 5.05. The van der Waals surface area contributed by atoms with Crippen molar-refractivity contribution in [3.63, 3.8) is 0 Å². The molecule has 17 heavy (non-hydrogen) atoms. The fraction of sp³-hybridized carbons (Fsp3) is 0.571. The number of halogens is 1. The molecule has 1 unspecified atom stereocenters. The average molecular weight is 254 g/mol. The van der Waals surface area contributed by atoms with E-state index < -0.39 is 0 Å². The van der Waals surface area contributed by atoms with Crippen LogP contribution in [0.4, 0.5) is 0 Å². The van der Waals surface area contributed by atoms with Crippen LogP contribution >= 0.6 is 11.6 Å². The fourth-order valence-corrected chi connectivity index (χ4v) is 2.64. The zero-order valence-corrected chi connectivity index (χ0v) is 11.1. The minimum absolute atomic E-state index is 0.315. The van der Waals surface area contributed by atoms with Crippen LogP contribution < -0.4 is 0 Å². The van der Waals surface area contributed by atoms with Crippen molar-refractivity contribution in [2.75, 3.05) is 13.1 Å². The average Bonchev–Trinajstić information content (AvgIpc) is 2.49. The summed E-state index contributed by atoms with van der Waals surface area (Å²) in [5.74, 6) is 1.13. The lowest BCUT2D eigenvalue weighted by Gasteiger charge is -2.21. The van der Waals surface area contributed by atoms with Crippen LogP contribution in [0.3, 0.4) is 0 Å². The molecule has 1 aliphatic rings. The van der Waals surface area contributed by atoms with Gasteiger partial charge < -0.3 is 5.11 Å². The zero-order valence-electron chi connectivity index (χ0n) is 10.3. The number of hydrogen-bond acceptors (Lipinski definition) is 2. The minimum Gasteiger partial charge on any atom is -0.508 e. The molecule has 0 amide bonds. The van der Waals surface area contributed by atoms with Gasteiger partial charge in [0.2, 0.25) is 0 Å². The molecule has 1 aromatic carbocycles. The Hall–Kier alpha value is -0.730. The van der Waals surface area contributed by atoms with Gasteiger partial charge in [0, 0.05) is 17.1 Å². The Morgan fingerprint density at radius 1 is 1.35 bits per heavy atom. The van der Waals surface area contributed by atoms with E-state index in [1.54, 1.807) is 12.1 Å². The maximum atomic E-state index is 9.83. The van der Waals surface area contributed by atoms with Gasteiger partial charge in [-0.15, -0.1) is 0 Å². The molecule has 2 nitrogen and oxygen atoms in total. The zero-order chi connectivity index (χ0) is 12.3. The Morgan fingerprint density at radius 2 is 2.18 bits per heavy atom. The molecule has 1 fully saturated rings. The van der Waals surface area contributed by atoms with Crippen LogP contribution in [0.15, 0.2) is 18.2 Å². The highest BCUT2D eigenvalue weighted by Crippen LogP contribution is 2.28. The summed E-state index contributed by atoms with van der Waals surface area (Å²) in [6.45, 7) is 5.29. The molecule has 0 aromatic heterocycles. The SMILES string of the molecule is CC1CCCN(Cc2c(O)cccc2Cl)CC1. The summed E-state index contributed by atoms with van der Waals surface area (Å²) in [7, 11) is 0. The Morgan fingerprint density at radius 3 is 2.94 bits per heavy atom. The van der Waals surface area contributed by atoms with Gasteiger partial charge >= 0.3 is 0 Å². The van der Waals surface area contributed by atoms with Crippen LogP contribution in [0, 0.1) is 5.92 Å². The minimum atomic E-state index is 0.315. The molecule has 1 aromatic rings. The van der Waals surface area contributed by atoms with Gasteiger partial charge in [-0.1, -0.05) is 24.6 Å². The van der Waals surface area contributed by atoms with E-state index in [0.717, 1.165) is 31.1 Å². The Kier molecular flexibility index (Phi) is 4.30. The number of likely N-dealkylation sites (tertiary alicyclic amines) is 1. The van der Waals surface area contributed by atoms with Gasteiger partial charge in [0.15, 0.2) is 0 Å². The van der Waals surface area contributed by atoms with Crippen molar-refractivity contribution in [1.29, 1.82) is 0 Å². The molecular formula is C14H20ClNO. The Labute approximate surface area is 108 Å². The monoisotopic (exact) mass is 253 g/mol. The maximum absolute atomic E-state index is 9.83. The van der Waals surface area contributed by atoms with Crippen LogP contribution in [-0.4, -0.2) is 23.1 Å². The van der Waals surface area contributed by atoms with Crippen LogP contribution in [0.25, 0.3) is 0 Å². The highest BCUT2D eigenvalue weighted by molar-refractivity contribution is 6.31. The highest BCUT2D eigenvalue weighted by Gasteiger charge is 2.16. The molecule has 94 valence electrons. The third-order valence-electron chi connectivity index (χ3n) is 3.59. The molecule has 3 heteroatoms. The van der Waals surface area contributed by atoms with Crippen molar-refractivity contribution >= 4 is 11.6 Å². The number of aromatic hydroxyl groups is 1. The van der Waals surface area contributed by atoms with Crippen molar-refractivity contribution in [2.45, 2.75) is 32.7 Å². The lowest BCUT2D eigenvalue weighted by atomic mass is 10.0. The molecule has 1 N–H and O–H groups in total. The topological polar surface area (TPSA) is 23.5 Å². The van der Waals surface area contributed by atoms with E-state index in [1.807, 2.05) is 6.07 Å². The molecule has 0 bridgehead atoms. The first kappa shape index (κ1) is 12.7.